The summed E-state index contributed by atoms with van der Waals surface area (Å²) in [5, 5.41) is 6.05. The highest BCUT2D eigenvalue weighted by molar-refractivity contribution is 5.93. The number of nitrogens with zero attached hydrogens (tertiary/aromatic N) is 1. The average Bonchev–Trinajstić information content (AvgIpc) is 2.69. The molecule has 2 N–H and O–H groups in total. The number of benzene rings is 2. The van der Waals surface area contributed by atoms with Gasteiger partial charge in [-0.25, -0.2) is 0 Å². The molecule has 3 rings (SSSR count). The smallest absolute Gasteiger partial charge is 0.243 e. The van der Waals surface area contributed by atoms with Crippen LogP contribution in [0.1, 0.15) is 26.2 Å². The van der Waals surface area contributed by atoms with Crippen molar-refractivity contribution in [3.8, 4) is 5.75 Å². The molecule has 0 aromatic heterocycles. The van der Waals surface area contributed by atoms with Gasteiger partial charge in [0.15, 0.2) is 0 Å². The summed E-state index contributed by atoms with van der Waals surface area (Å²) >= 11 is 0. The molecule has 1 aliphatic heterocycles. The molecule has 26 heavy (non-hydrogen) atoms. The molecular weight excluding hydrogens is 326 g/mol. The molecule has 1 heterocycles. The van der Waals surface area contributed by atoms with E-state index in [0.29, 0.717) is 6.61 Å². The Morgan fingerprint density at radius 1 is 0.962 bits per heavy atom. The van der Waals surface area contributed by atoms with Gasteiger partial charge >= 0.3 is 0 Å². The van der Waals surface area contributed by atoms with Crippen molar-refractivity contribution in [2.75, 3.05) is 41.8 Å². The van der Waals surface area contributed by atoms with Crippen molar-refractivity contribution >= 4 is 23.0 Å². The molecule has 5 heteroatoms. The van der Waals surface area contributed by atoms with Crippen LogP contribution in [0.3, 0.4) is 0 Å². The number of carbonyl (C=O) groups excluding carboxylic acids is 1. The average molecular weight is 353 g/mol. The van der Waals surface area contributed by atoms with Gasteiger partial charge in [0.25, 0.3) is 0 Å². The SMILES string of the molecule is CCOc1ccc(NC(=O)CNc2ccc(N3CCCCC3)cc2)cc1. The second kappa shape index (κ2) is 9.13. The Morgan fingerprint density at radius 3 is 2.27 bits per heavy atom. The van der Waals surface area contributed by atoms with Crippen molar-refractivity contribution in [1.29, 1.82) is 0 Å². The highest BCUT2D eigenvalue weighted by atomic mass is 16.5. The fraction of sp³-hybridized carbons (Fsp3) is 0.381. The Kier molecular flexibility index (Phi) is 6.36. The number of hydrogen-bond acceptors (Lipinski definition) is 4. The van der Waals surface area contributed by atoms with Crippen molar-refractivity contribution in [2.24, 2.45) is 0 Å². The normalized spacial score (nSPS) is 14.0. The van der Waals surface area contributed by atoms with E-state index in [9.17, 15) is 4.79 Å². The quantitative estimate of drug-likeness (QED) is 0.786. The van der Waals surface area contributed by atoms with Crippen LogP contribution in [-0.2, 0) is 4.79 Å². The Balaban J connectivity index is 1.46. The first-order valence-electron chi connectivity index (χ1n) is 9.36. The first kappa shape index (κ1) is 18.1. The zero-order valence-electron chi connectivity index (χ0n) is 15.3. The fourth-order valence-electron chi connectivity index (χ4n) is 3.13. The molecule has 1 aliphatic rings. The largest absolute Gasteiger partial charge is 0.494 e. The van der Waals surface area contributed by atoms with Gasteiger partial charge < -0.3 is 20.3 Å². The summed E-state index contributed by atoms with van der Waals surface area (Å²) in [5.41, 5.74) is 2.97. The van der Waals surface area contributed by atoms with Crippen LogP contribution in [0.15, 0.2) is 48.5 Å². The molecule has 1 saturated heterocycles. The summed E-state index contributed by atoms with van der Waals surface area (Å²) in [4.78, 5) is 14.5. The predicted octanol–water partition coefficient (Wildman–Crippen LogP) is 4.13. The molecule has 2 aromatic rings. The Hall–Kier alpha value is -2.69. The van der Waals surface area contributed by atoms with E-state index >= 15 is 0 Å². The Labute approximate surface area is 155 Å². The van der Waals surface area contributed by atoms with Crippen LogP contribution < -0.4 is 20.3 Å². The minimum Gasteiger partial charge on any atom is -0.494 e. The maximum Gasteiger partial charge on any atom is 0.243 e. The van der Waals surface area contributed by atoms with Gasteiger partial charge in [0, 0.05) is 30.2 Å². The monoisotopic (exact) mass is 353 g/mol. The van der Waals surface area contributed by atoms with E-state index in [1.165, 1.54) is 24.9 Å². The molecule has 0 unspecified atom stereocenters. The number of ether oxygens (including phenoxy) is 1. The number of amides is 1. The number of piperidine rings is 1. The molecule has 0 spiro atoms. The fourth-order valence-corrected chi connectivity index (χ4v) is 3.13. The van der Waals surface area contributed by atoms with Crippen molar-refractivity contribution in [3.05, 3.63) is 48.5 Å². The van der Waals surface area contributed by atoms with Gasteiger partial charge in [-0.1, -0.05) is 0 Å². The van der Waals surface area contributed by atoms with Crippen molar-refractivity contribution in [3.63, 3.8) is 0 Å². The highest BCUT2D eigenvalue weighted by Gasteiger charge is 2.10. The lowest BCUT2D eigenvalue weighted by atomic mass is 10.1. The van der Waals surface area contributed by atoms with Crippen molar-refractivity contribution < 1.29 is 9.53 Å². The van der Waals surface area contributed by atoms with Gasteiger partial charge in [-0.2, -0.15) is 0 Å². The van der Waals surface area contributed by atoms with Gasteiger partial charge in [-0.05, 0) is 74.7 Å². The molecule has 0 bridgehead atoms. The minimum atomic E-state index is -0.0748. The second-order valence-corrected chi connectivity index (χ2v) is 6.45. The third-order valence-corrected chi connectivity index (χ3v) is 4.49. The van der Waals surface area contributed by atoms with Gasteiger partial charge in [0.1, 0.15) is 5.75 Å². The Bertz CT molecular complexity index is 692. The van der Waals surface area contributed by atoms with Gasteiger partial charge in [0.2, 0.25) is 5.91 Å². The molecule has 0 aliphatic carbocycles. The van der Waals surface area contributed by atoms with E-state index < -0.39 is 0 Å². The van der Waals surface area contributed by atoms with Crippen molar-refractivity contribution in [1.82, 2.24) is 0 Å². The molecular formula is C21H27N3O2. The maximum absolute atomic E-state index is 12.1. The summed E-state index contributed by atoms with van der Waals surface area (Å²) in [6.45, 7) is 5.08. The van der Waals surface area contributed by atoms with Crippen LogP contribution >= 0.6 is 0 Å². The number of rotatable bonds is 7. The molecule has 1 fully saturated rings. The van der Waals surface area contributed by atoms with Crippen molar-refractivity contribution in [2.45, 2.75) is 26.2 Å². The van der Waals surface area contributed by atoms with E-state index in [1.807, 2.05) is 43.3 Å². The van der Waals surface area contributed by atoms with Crippen LogP contribution in [-0.4, -0.2) is 32.1 Å². The van der Waals surface area contributed by atoms with Crippen LogP contribution in [0, 0.1) is 0 Å². The summed E-state index contributed by atoms with van der Waals surface area (Å²) in [6.07, 6.45) is 3.87. The first-order valence-corrected chi connectivity index (χ1v) is 9.36. The van der Waals surface area contributed by atoms with E-state index in [4.69, 9.17) is 4.74 Å². The first-order chi connectivity index (χ1) is 12.7. The molecule has 0 radical (unpaired) electrons. The molecule has 2 aromatic carbocycles. The predicted molar refractivity (Wildman–Crippen MR) is 107 cm³/mol. The molecule has 5 nitrogen and oxygen atoms in total. The molecule has 0 atom stereocenters. The highest BCUT2D eigenvalue weighted by Crippen LogP contribution is 2.21. The maximum atomic E-state index is 12.1. The minimum absolute atomic E-state index is 0.0748. The third kappa shape index (κ3) is 5.15. The van der Waals surface area contributed by atoms with Crippen LogP contribution in [0.5, 0.6) is 5.75 Å². The lowest BCUT2D eigenvalue weighted by Crippen LogP contribution is -2.29. The summed E-state index contributed by atoms with van der Waals surface area (Å²) in [5.74, 6) is 0.728. The van der Waals surface area contributed by atoms with Crippen LogP contribution in [0.4, 0.5) is 17.1 Å². The van der Waals surface area contributed by atoms with E-state index in [1.54, 1.807) is 0 Å². The summed E-state index contributed by atoms with van der Waals surface area (Å²) in [6, 6.07) is 15.7. The lowest BCUT2D eigenvalue weighted by Gasteiger charge is -2.28. The second-order valence-electron chi connectivity index (χ2n) is 6.45. The molecule has 138 valence electrons. The Morgan fingerprint density at radius 2 is 1.62 bits per heavy atom. The van der Waals surface area contributed by atoms with E-state index in [-0.39, 0.29) is 12.5 Å². The summed E-state index contributed by atoms with van der Waals surface area (Å²) < 4.78 is 5.40. The summed E-state index contributed by atoms with van der Waals surface area (Å²) in [7, 11) is 0. The van der Waals surface area contributed by atoms with Crippen LogP contribution in [0.2, 0.25) is 0 Å². The number of carbonyl (C=O) groups is 1. The van der Waals surface area contributed by atoms with E-state index in [2.05, 4.69) is 27.7 Å². The molecule has 0 saturated carbocycles. The standard InChI is InChI=1S/C21H27N3O2/c1-2-26-20-12-8-18(9-13-20)23-21(25)16-22-17-6-10-19(11-7-17)24-14-4-3-5-15-24/h6-13,22H,2-5,14-16H2,1H3,(H,23,25). The zero-order valence-corrected chi connectivity index (χ0v) is 15.3. The van der Waals surface area contributed by atoms with Gasteiger partial charge in [-0.15, -0.1) is 0 Å². The van der Waals surface area contributed by atoms with Gasteiger partial charge in [-0.3, -0.25) is 4.79 Å². The van der Waals surface area contributed by atoms with Crippen LogP contribution in [0.25, 0.3) is 0 Å². The number of nitrogens with one attached hydrogen (secondary N) is 2. The van der Waals surface area contributed by atoms with Gasteiger partial charge in [0.05, 0.1) is 13.2 Å². The lowest BCUT2D eigenvalue weighted by molar-refractivity contribution is -0.114. The number of anilines is 3. The molecule has 1 amide bonds. The van der Waals surface area contributed by atoms with E-state index in [0.717, 1.165) is 30.2 Å². The topological polar surface area (TPSA) is 53.6 Å². The number of hydrogen-bond donors (Lipinski definition) is 2. The zero-order chi connectivity index (χ0) is 18.2. The third-order valence-electron chi connectivity index (χ3n) is 4.49.